The number of anilines is 1. The van der Waals surface area contributed by atoms with E-state index in [1.165, 1.54) is 5.56 Å². The fraction of sp³-hybridized carbons (Fsp3) is 0.438. The molecule has 0 aliphatic heterocycles. The third kappa shape index (κ3) is 4.14. The van der Waals surface area contributed by atoms with E-state index < -0.39 is 0 Å². The first-order chi connectivity index (χ1) is 10.1. The van der Waals surface area contributed by atoms with E-state index in [0.29, 0.717) is 18.2 Å². The zero-order valence-electron chi connectivity index (χ0n) is 12.8. The molecule has 0 saturated carbocycles. The maximum Gasteiger partial charge on any atom is 0.142 e. The number of rotatable bonds is 7. The average molecular weight is 308 g/mol. The second kappa shape index (κ2) is 7.36. The van der Waals surface area contributed by atoms with Crippen LogP contribution in [0.2, 0.25) is 5.02 Å². The third-order valence-corrected chi connectivity index (χ3v) is 3.43. The molecule has 0 saturated heterocycles. The molecule has 0 fully saturated rings. The van der Waals surface area contributed by atoms with Gasteiger partial charge in [-0.2, -0.15) is 5.10 Å². The summed E-state index contributed by atoms with van der Waals surface area (Å²) in [5.74, 6) is 0.836. The number of nitrogens with zero attached hydrogens (tertiary/aromatic N) is 2. The summed E-state index contributed by atoms with van der Waals surface area (Å²) in [6.45, 7) is 5.61. The van der Waals surface area contributed by atoms with E-state index in [-0.39, 0.29) is 0 Å². The minimum Gasteiger partial charge on any atom is -0.491 e. The maximum atomic E-state index is 6.08. The largest absolute Gasteiger partial charge is 0.491 e. The highest BCUT2D eigenvalue weighted by atomic mass is 35.5. The topological polar surface area (TPSA) is 39.1 Å². The molecule has 1 aromatic carbocycles. The molecule has 21 heavy (non-hydrogen) atoms. The van der Waals surface area contributed by atoms with Crippen LogP contribution in [0, 0.1) is 0 Å². The molecular weight excluding hydrogens is 286 g/mol. The lowest BCUT2D eigenvalue weighted by atomic mass is 10.2. The number of halogens is 1. The Morgan fingerprint density at radius 1 is 1.33 bits per heavy atom. The minimum atomic E-state index is 0.697. The predicted molar refractivity (Wildman–Crippen MR) is 87.2 cm³/mol. The summed E-state index contributed by atoms with van der Waals surface area (Å²) in [6.07, 6.45) is 3.94. The SMILES string of the molecule is CCCOc1ccc(Cl)cc1NCc1cn(C)nc1CC. The van der Waals surface area contributed by atoms with Crippen LogP contribution in [0.15, 0.2) is 24.4 Å². The van der Waals surface area contributed by atoms with E-state index in [4.69, 9.17) is 16.3 Å². The van der Waals surface area contributed by atoms with Crippen molar-refractivity contribution in [3.8, 4) is 5.75 Å². The van der Waals surface area contributed by atoms with Gasteiger partial charge >= 0.3 is 0 Å². The lowest BCUT2D eigenvalue weighted by Crippen LogP contribution is -2.04. The average Bonchev–Trinajstić information content (AvgIpc) is 2.84. The van der Waals surface area contributed by atoms with Crippen LogP contribution in [-0.4, -0.2) is 16.4 Å². The first-order valence-corrected chi connectivity index (χ1v) is 7.69. The van der Waals surface area contributed by atoms with Crippen LogP contribution >= 0.6 is 11.6 Å². The Morgan fingerprint density at radius 2 is 2.14 bits per heavy atom. The molecule has 0 amide bonds. The van der Waals surface area contributed by atoms with Gasteiger partial charge in [-0.25, -0.2) is 0 Å². The molecule has 1 N–H and O–H groups in total. The first kappa shape index (κ1) is 15.7. The van der Waals surface area contributed by atoms with Gasteiger partial charge in [0.1, 0.15) is 5.75 Å². The lowest BCUT2D eigenvalue weighted by molar-refractivity contribution is 0.319. The smallest absolute Gasteiger partial charge is 0.142 e. The number of aryl methyl sites for hydroxylation is 2. The van der Waals surface area contributed by atoms with E-state index in [1.807, 2.05) is 36.1 Å². The Hall–Kier alpha value is -1.68. The zero-order valence-corrected chi connectivity index (χ0v) is 13.6. The van der Waals surface area contributed by atoms with Crippen molar-refractivity contribution in [2.24, 2.45) is 7.05 Å². The predicted octanol–water partition coefficient (Wildman–Crippen LogP) is 4.04. The molecule has 0 bridgehead atoms. The number of hydrogen-bond acceptors (Lipinski definition) is 3. The Kier molecular flexibility index (Phi) is 5.51. The number of nitrogens with one attached hydrogen (secondary N) is 1. The summed E-state index contributed by atoms with van der Waals surface area (Å²) in [4.78, 5) is 0. The van der Waals surface area contributed by atoms with Crippen molar-refractivity contribution in [2.75, 3.05) is 11.9 Å². The van der Waals surface area contributed by atoms with E-state index in [1.54, 1.807) is 0 Å². The van der Waals surface area contributed by atoms with E-state index in [9.17, 15) is 0 Å². The van der Waals surface area contributed by atoms with Crippen LogP contribution in [0.5, 0.6) is 5.75 Å². The fourth-order valence-electron chi connectivity index (χ4n) is 2.20. The molecule has 114 valence electrons. The third-order valence-electron chi connectivity index (χ3n) is 3.20. The Bertz CT molecular complexity index is 595. The Morgan fingerprint density at radius 3 is 2.86 bits per heavy atom. The normalized spacial score (nSPS) is 10.7. The standard InChI is InChI=1S/C16H22ClN3O/c1-4-8-21-16-7-6-13(17)9-15(16)18-10-12-11-20(3)19-14(12)5-2/h6-7,9,11,18H,4-5,8,10H2,1-3H3. The van der Waals surface area contributed by atoms with Crippen molar-refractivity contribution in [2.45, 2.75) is 33.2 Å². The minimum absolute atomic E-state index is 0.697. The van der Waals surface area contributed by atoms with Crippen LogP contribution < -0.4 is 10.1 Å². The molecule has 2 aromatic rings. The molecule has 2 rings (SSSR count). The number of aromatic nitrogens is 2. The second-order valence-electron chi connectivity index (χ2n) is 4.97. The Labute approximate surface area is 131 Å². The molecule has 0 atom stereocenters. The summed E-state index contributed by atoms with van der Waals surface area (Å²) >= 11 is 6.08. The van der Waals surface area contributed by atoms with E-state index in [2.05, 4.69) is 24.3 Å². The molecule has 1 heterocycles. The van der Waals surface area contributed by atoms with E-state index >= 15 is 0 Å². The van der Waals surface area contributed by atoms with Gasteiger partial charge in [-0.3, -0.25) is 4.68 Å². The van der Waals surface area contributed by atoms with Crippen molar-refractivity contribution in [1.82, 2.24) is 9.78 Å². The van der Waals surface area contributed by atoms with Crippen LogP contribution in [-0.2, 0) is 20.0 Å². The van der Waals surface area contributed by atoms with Gasteiger partial charge in [-0.05, 0) is 31.0 Å². The molecule has 4 nitrogen and oxygen atoms in total. The number of benzene rings is 1. The van der Waals surface area contributed by atoms with Crippen LogP contribution in [0.25, 0.3) is 0 Å². The van der Waals surface area contributed by atoms with Gasteiger partial charge < -0.3 is 10.1 Å². The molecular formula is C16H22ClN3O. The highest BCUT2D eigenvalue weighted by molar-refractivity contribution is 6.30. The molecule has 0 aliphatic carbocycles. The molecule has 0 unspecified atom stereocenters. The van der Waals surface area contributed by atoms with Crippen molar-refractivity contribution in [3.05, 3.63) is 40.7 Å². The first-order valence-electron chi connectivity index (χ1n) is 7.31. The van der Waals surface area contributed by atoms with Crippen molar-refractivity contribution in [3.63, 3.8) is 0 Å². The van der Waals surface area contributed by atoms with Crippen LogP contribution in [0.1, 0.15) is 31.5 Å². The van der Waals surface area contributed by atoms with Crippen molar-refractivity contribution in [1.29, 1.82) is 0 Å². The van der Waals surface area contributed by atoms with Gasteiger partial charge in [0, 0.05) is 30.4 Å². The molecule has 0 radical (unpaired) electrons. The monoisotopic (exact) mass is 307 g/mol. The number of ether oxygens (including phenoxy) is 1. The molecule has 0 aliphatic rings. The summed E-state index contributed by atoms with van der Waals surface area (Å²) < 4.78 is 7.60. The van der Waals surface area contributed by atoms with Gasteiger partial charge in [0.25, 0.3) is 0 Å². The van der Waals surface area contributed by atoms with Crippen LogP contribution in [0.3, 0.4) is 0 Å². The molecule has 5 heteroatoms. The van der Waals surface area contributed by atoms with Crippen molar-refractivity contribution >= 4 is 17.3 Å². The van der Waals surface area contributed by atoms with Gasteiger partial charge in [0.05, 0.1) is 18.0 Å². The second-order valence-corrected chi connectivity index (χ2v) is 5.41. The van der Waals surface area contributed by atoms with Gasteiger partial charge in [-0.1, -0.05) is 25.4 Å². The zero-order chi connectivity index (χ0) is 15.2. The maximum absolute atomic E-state index is 6.08. The van der Waals surface area contributed by atoms with Crippen molar-refractivity contribution < 1.29 is 4.74 Å². The molecule has 0 spiro atoms. The number of hydrogen-bond donors (Lipinski definition) is 1. The molecule has 1 aromatic heterocycles. The summed E-state index contributed by atoms with van der Waals surface area (Å²) in [5, 5.41) is 8.55. The van der Waals surface area contributed by atoms with E-state index in [0.717, 1.165) is 30.0 Å². The lowest BCUT2D eigenvalue weighted by Gasteiger charge is -2.13. The van der Waals surface area contributed by atoms with Gasteiger partial charge in [-0.15, -0.1) is 0 Å². The highest BCUT2D eigenvalue weighted by Crippen LogP contribution is 2.28. The summed E-state index contributed by atoms with van der Waals surface area (Å²) in [5.41, 5.74) is 3.23. The Balaban J connectivity index is 2.12. The highest BCUT2D eigenvalue weighted by Gasteiger charge is 2.08. The summed E-state index contributed by atoms with van der Waals surface area (Å²) in [6, 6.07) is 5.65. The summed E-state index contributed by atoms with van der Waals surface area (Å²) in [7, 11) is 1.94. The van der Waals surface area contributed by atoms with Gasteiger partial charge in [0.2, 0.25) is 0 Å². The van der Waals surface area contributed by atoms with Crippen LogP contribution in [0.4, 0.5) is 5.69 Å². The van der Waals surface area contributed by atoms with Gasteiger partial charge in [0.15, 0.2) is 0 Å². The fourth-order valence-corrected chi connectivity index (χ4v) is 2.37. The quantitative estimate of drug-likeness (QED) is 0.839.